The third-order valence-electron chi connectivity index (χ3n) is 2.39. The topological polar surface area (TPSA) is 25.8 Å². The molecule has 0 fully saturated rings. The van der Waals surface area contributed by atoms with Crippen LogP contribution in [0.1, 0.15) is 16.8 Å². The summed E-state index contributed by atoms with van der Waals surface area (Å²) in [5.74, 6) is 0. The van der Waals surface area contributed by atoms with Gasteiger partial charge in [-0.15, -0.1) is 0 Å². The van der Waals surface area contributed by atoms with E-state index in [2.05, 4.69) is 35.1 Å². The standard InChI is InChI=1S/C13H14N2/c1-11-4-9-15-13(10-11)3-2-12-5-7-14-8-6-12/h4-10H,2-3H2,1H3. The second-order valence-corrected chi connectivity index (χ2v) is 3.68. The molecule has 0 saturated carbocycles. The Kier molecular flexibility index (Phi) is 3.08. The Hall–Kier alpha value is -1.70. The molecule has 0 spiro atoms. The molecule has 0 aliphatic heterocycles. The molecular weight excluding hydrogens is 184 g/mol. The molecule has 0 amide bonds. The Bertz CT molecular complexity index is 424. The van der Waals surface area contributed by atoms with E-state index in [0.717, 1.165) is 18.5 Å². The number of pyridine rings is 2. The van der Waals surface area contributed by atoms with E-state index in [4.69, 9.17) is 0 Å². The molecule has 2 aromatic heterocycles. The van der Waals surface area contributed by atoms with Crippen molar-refractivity contribution in [1.29, 1.82) is 0 Å². The van der Waals surface area contributed by atoms with Crippen molar-refractivity contribution in [3.05, 3.63) is 59.7 Å². The second kappa shape index (κ2) is 4.69. The molecule has 2 heterocycles. The van der Waals surface area contributed by atoms with Gasteiger partial charge >= 0.3 is 0 Å². The van der Waals surface area contributed by atoms with Crippen LogP contribution in [0.15, 0.2) is 42.9 Å². The Balaban J connectivity index is 1.99. The third kappa shape index (κ3) is 2.88. The molecule has 15 heavy (non-hydrogen) atoms. The van der Waals surface area contributed by atoms with Gasteiger partial charge in [-0.2, -0.15) is 0 Å². The van der Waals surface area contributed by atoms with E-state index in [0.29, 0.717) is 0 Å². The van der Waals surface area contributed by atoms with Crippen molar-refractivity contribution >= 4 is 0 Å². The molecule has 0 unspecified atom stereocenters. The number of nitrogens with zero attached hydrogens (tertiary/aromatic N) is 2. The van der Waals surface area contributed by atoms with Gasteiger partial charge in [0.25, 0.3) is 0 Å². The van der Waals surface area contributed by atoms with Crippen molar-refractivity contribution in [3.8, 4) is 0 Å². The maximum absolute atomic E-state index is 4.34. The Morgan fingerprint density at radius 2 is 1.80 bits per heavy atom. The molecule has 0 bridgehead atoms. The smallest absolute Gasteiger partial charge is 0.0409 e. The van der Waals surface area contributed by atoms with Crippen molar-refractivity contribution < 1.29 is 0 Å². The van der Waals surface area contributed by atoms with E-state index in [1.165, 1.54) is 11.1 Å². The van der Waals surface area contributed by atoms with E-state index >= 15 is 0 Å². The van der Waals surface area contributed by atoms with Gasteiger partial charge in [-0.1, -0.05) is 0 Å². The molecule has 2 aromatic rings. The van der Waals surface area contributed by atoms with E-state index in [1.807, 2.05) is 24.7 Å². The zero-order valence-corrected chi connectivity index (χ0v) is 8.85. The number of aromatic nitrogens is 2. The zero-order valence-electron chi connectivity index (χ0n) is 8.85. The quantitative estimate of drug-likeness (QED) is 0.757. The Morgan fingerprint density at radius 1 is 1.00 bits per heavy atom. The number of aryl methyl sites for hydroxylation is 3. The minimum atomic E-state index is 0.992. The highest BCUT2D eigenvalue weighted by Gasteiger charge is 1.96. The van der Waals surface area contributed by atoms with E-state index in [1.54, 1.807) is 0 Å². The van der Waals surface area contributed by atoms with Gasteiger partial charge in [0.05, 0.1) is 0 Å². The maximum atomic E-state index is 4.34. The summed E-state index contributed by atoms with van der Waals surface area (Å²) in [5, 5.41) is 0. The maximum Gasteiger partial charge on any atom is 0.0409 e. The molecule has 0 aromatic carbocycles. The van der Waals surface area contributed by atoms with Gasteiger partial charge in [0.15, 0.2) is 0 Å². The van der Waals surface area contributed by atoms with Crippen LogP contribution >= 0.6 is 0 Å². The number of hydrogen-bond acceptors (Lipinski definition) is 2. The molecule has 0 saturated heterocycles. The van der Waals surface area contributed by atoms with E-state index in [9.17, 15) is 0 Å². The predicted octanol–water partition coefficient (Wildman–Crippen LogP) is 2.57. The normalized spacial score (nSPS) is 10.2. The highest BCUT2D eigenvalue weighted by molar-refractivity contribution is 5.17. The molecule has 2 heteroatoms. The average molecular weight is 198 g/mol. The van der Waals surface area contributed by atoms with Crippen molar-refractivity contribution in [2.45, 2.75) is 19.8 Å². The van der Waals surface area contributed by atoms with Crippen LogP contribution in [0, 0.1) is 6.92 Å². The van der Waals surface area contributed by atoms with Crippen LogP contribution in [0.2, 0.25) is 0 Å². The van der Waals surface area contributed by atoms with Crippen molar-refractivity contribution in [3.63, 3.8) is 0 Å². The van der Waals surface area contributed by atoms with Crippen LogP contribution in [0.25, 0.3) is 0 Å². The van der Waals surface area contributed by atoms with Crippen LogP contribution in [-0.2, 0) is 12.8 Å². The van der Waals surface area contributed by atoms with Gasteiger partial charge in [0.2, 0.25) is 0 Å². The first kappa shape index (κ1) is 9.84. The van der Waals surface area contributed by atoms with Gasteiger partial charge < -0.3 is 0 Å². The molecule has 0 atom stereocenters. The van der Waals surface area contributed by atoms with Crippen LogP contribution in [0.5, 0.6) is 0 Å². The average Bonchev–Trinajstić information content (AvgIpc) is 2.28. The van der Waals surface area contributed by atoms with E-state index in [-0.39, 0.29) is 0 Å². The summed E-state index contributed by atoms with van der Waals surface area (Å²) in [6, 6.07) is 8.27. The highest BCUT2D eigenvalue weighted by atomic mass is 14.7. The summed E-state index contributed by atoms with van der Waals surface area (Å²) in [7, 11) is 0. The fourth-order valence-corrected chi connectivity index (χ4v) is 1.56. The molecule has 0 aliphatic carbocycles. The largest absolute Gasteiger partial charge is 0.265 e. The summed E-state index contributed by atoms with van der Waals surface area (Å²) in [6.45, 7) is 2.09. The third-order valence-corrected chi connectivity index (χ3v) is 2.39. The minimum Gasteiger partial charge on any atom is -0.265 e. The number of rotatable bonds is 3. The van der Waals surface area contributed by atoms with Gasteiger partial charge in [-0.3, -0.25) is 9.97 Å². The van der Waals surface area contributed by atoms with Crippen LogP contribution < -0.4 is 0 Å². The lowest BCUT2D eigenvalue weighted by atomic mass is 10.1. The Labute approximate surface area is 90.0 Å². The summed E-state index contributed by atoms with van der Waals surface area (Å²) < 4.78 is 0. The molecule has 0 radical (unpaired) electrons. The molecule has 2 rings (SSSR count). The number of hydrogen-bond donors (Lipinski definition) is 0. The zero-order chi connectivity index (χ0) is 10.5. The van der Waals surface area contributed by atoms with Crippen LogP contribution in [-0.4, -0.2) is 9.97 Å². The Morgan fingerprint density at radius 3 is 2.53 bits per heavy atom. The summed E-state index contributed by atoms with van der Waals surface area (Å²) >= 11 is 0. The molecular formula is C13H14N2. The van der Waals surface area contributed by atoms with E-state index < -0.39 is 0 Å². The fourth-order valence-electron chi connectivity index (χ4n) is 1.56. The summed E-state index contributed by atoms with van der Waals surface area (Å²) in [6.07, 6.45) is 7.56. The van der Waals surface area contributed by atoms with Gasteiger partial charge in [0.1, 0.15) is 0 Å². The van der Waals surface area contributed by atoms with Crippen LogP contribution in [0.3, 0.4) is 0 Å². The molecule has 0 N–H and O–H groups in total. The lowest BCUT2D eigenvalue weighted by molar-refractivity contribution is 0.907. The molecule has 0 aliphatic rings. The fraction of sp³-hybridized carbons (Fsp3) is 0.231. The van der Waals surface area contributed by atoms with Crippen molar-refractivity contribution in [1.82, 2.24) is 9.97 Å². The first-order valence-electron chi connectivity index (χ1n) is 5.15. The summed E-state index contributed by atoms with van der Waals surface area (Å²) in [5.41, 5.74) is 3.75. The minimum absolute atomic E-state index is 0.992. The van der Waals surface area contributed by atoms with Crippen LogP contribution in [0.4, 0.5) is 0 Å². The first-order valence-corrected chi connectivity index (χ1v) is 5.15. The first-order chi connectivity index (χ1) is 7.34. The van der Waals surface area contributed by atoms with Crippen molar-refractivity contribution in [2.24, 2.45) is 0 Å². The van der Waals surface area contributed by atoms with Gasteiger partial charge in [-0.05, 0) is 55.2 Å². The predicted molar refractivity (Wildman–Crippen MR) is 60.6 cm³/mol. The van der Waals surface area contributed by atoms with Gasteiger partial charge in [0, 0.05) is 24.3 Å². The monoisotopic (exact) mass is 198 g/mol. The summed E-state index contributed by atoms with van der Waals surface area (Å²) in [4.78, 5) is 8.34. The lowest BCUT2D eigenvalue weighted by Crippen LogP contribution is -1.94. The highest BCUT2D eigenvalue weighted by Crippen LogP contribution is 2.05. The second-order valence-electron chi connectivity index (χ2n) is 3.68. The van der Waals surface area contributed by atoms with Crippen molar-refractivity contribution in [2.75, 3.05) is 0 Å². The SMILES string of the molecule is Cc1ccnc(CCc2ccncc2)c1. The molecule has 2 nitrogen and oxygen atoms in total. The lowest BCUT2D eigenvalue weighted by Gasteiger charge is -2.01. The molecule has 76 valence electrons. The van der Waals surface area contributed by atoms with Gasteiger partial charge in [-0.25, -0.2) is 0 Å².